The highest BCUT2D eigenvalue weighted by molar-refractivity contribution is 5.47. The van der Waals surface area contributed by atoms with Gasteiger partial charge in [-0.15, -0.1) is 0 Å². The molecule has 0 aromatic carbocycles. The van der Waals surface area contributed by atoms with Gasteiger partial charge in [-0.2, -0.15) is 0 Å². The molecule has 0 saturated carbocycles. The standard InChI is InChI=1S/C12H13F2N5/c1-7-16-4-3-8(18-7)6-17-12-10(14)5-9(13)11(15-2)19-12/h3-5H,6H2,1-2H3,(H2,15,17,19). The van der Waals surface area contributed by atoms with Crippen LogP contribution in [0.3, 0.4) is 0 Å². The lowest BCUT2D eigenvalue weighted by atomic mass is 10.3. The number of pyridine rings is 1. The van der Waals surface area contributed by atoms with Crippen LogP contribution >= 0.6 is 0 Å². The predicted molar refractivity (Wildman–Crippen MR) is 67.8 cm³/mol. The molecule has 0 atom stereocenters. The van der Waals surface area contributed by atoms with Crippen LogP contribution in [0, 0.1) is 18.6 Å². The number of hydrogen-bond donors (Lipinski definition) is 2. The fourth-order valence-electron chi connectivity index (χ4n) is 1.54. The number of rotatable bonds is 4. The van der Waals surface area contributed by atoms with Crippen molar-refractivity contribution in [1.29, 1.82) is 0 Å². The van der Waals surface area contributed by atoms with E-state index in [1.165, 1.54) is 7.05 Å². The lowest BCUT2D eigenvalue weighted by Crippen LogP contribution is -2.08. The third-order valence-electron chi connectivity index (χ3n) is 2.44. The van der Waals surface area contributed by atoms with Crippen molar-refractivity contribution in [2.75, 3.05) is 17.7 Å². The van der Waals surface area contributed by atoms with Crippen LogP contribution in [-0.2, 0) is 6.54 Å². The Morgan fingerprint density at radius 3 is 2.58 bits per heavy atom. The minimum atomic E-state index is -0.748. The first kappa shape index (κ1) is 13.1. The Labute approximate surface area is 109 Å². The maximum absolute atomic E-state index is 13.5. The molecule has 2 aromatic rings. The zero-order chi connectivity index (χ0) is 13.8. The van der Waals surface area contributed by atoms with Crippen LogP contribution in [0.1, 0.15) is 11.5 Å². The quantitative estimate of drug-likeness (QED) is 0.886. The van der Waals surface area contributed by atoms with E-state index in [4.69, 9.17) is 0 Å². The molecule has 19 heavy (non-hydrogen) atoms. The monoisotopic (exact) mass is 265 g/mol. The molecule has 0 radical (unpaired) electrons. The number of aryl methyl sites for hydroxylation is 1. The SMILES string of the molecule is CNc1nc(NCc2ccnc(C)n2)c(F)cc1F. The van der Waals surface area contributed by atoms with Gasteiger partial charge in [0.05, 0.1) is 12.2 Å². The minimum Gasteiger partial charge on any atom is -0.371 e. The van der Waals surface area contributed by atoms with Gasteiger partial charge in [0.2, 0.25) is 0 Å². The zero-order valence-corrected chi connectivity index (χ0v) is 10.5. The van der Waals surface area contributed by atoms with Gasteiger partial charge < -0.3 is 10.6 Å². The molecule has 100 valence electrons. The normalized spacial score (nSPS) is 10.3. The van der Waals surface area contributed by atoms with Crippen LogP contribution in [0.2, 0.25) is 0 Å². The summed E-state index contributed by atoms with van der Waals surface area (Å²) in [6.45, 7) is 2.04. The second-order valence-electron chi connectivity index (χ2n) is 3.85. The summed E-state index contributed by atoms with van der Waals surface area (Å²) in [6, 6.07) is 2.49. The highest BCUT2D eigenvalue weighted by atomic mass is 19.1. The van der Waals surface area contributed by atoms with E-state index in [1.807, 2.05) is 0 Å². The maximum atomic E-state index is 13.5. The number of aromatic nitrogens is 3. The fourth-order valence-corrected chi connectivity index (χ4v) is 1.54. The molecule has 0 aliphatic heterocycles. The summed E-state index contributed by atoms with van der Waals surface area (Å²) in [4.78, 5) is 11.9. The average molecular weight is 265 g/mol. The van der Waals surface area contributed by atoms with Crippen LogP contribution in [0.25, 0.3) is 0 Å². The molecule has 0 bridgehead atoms. The molecule has 0 aliphatic rings. The van der Waals surface area contributed by atoms with Gasteiger partial charge in [-0.05, 0) is 13.0 Å². The Kier molecular flexibility index (Phi) is 3.84. The van der Waals surface area contributed by atoms with Crippen LogP contribution in [0.15, 0.2) is 18.3 Å². The van der Waals surface area contributed by atoms with Gasteiger partial charge in [0.25, 0.3) is 0 Å². The molecule has 0 fully saturated rings. The van der Waals surface area contributed by atoms with Crippen molar-refractivity contribution in [2.45, 2.75) is 13.5 Å². The van der Waals surface area contributed by atoms with Crippen molar-refractivity contribution in [3.05, 3.63) is 41.5 Å². The van der Waals surface area contributed by atoms with Crippen LogP contribution < -0.4 is 10.6 Å². The summed E-state index contributed by atoms with van der Waals surface area (Å²) in [5.41, 5.74) is 0.698. The van der Waals surface area contributed by atoms with E-state index < -0.39 is 11.6 Å². The topological polar surface area (TPSA) is 62.7 Å². The molecule has 0 aliphatic carbocycles. The number of nitrogens with zero attached hydrogens (tertiary/aromatic N) is 3. The van der Waals surface area contributed by atoms with Gasteiger partial charge in [0, 0.05) is 19.3 Å². The van der Waals surface area contributed by atoms with Gasteiger partial charge in [-0.25, -0.2) is 23.7 Å². The number of hydrogen-bond acceptors (Lipinski definition) is 5. The molecule has 0 spiro atoms. The Balaban J connectivity index is 2.15. The Hall–Kier alpha value is -2.31. The van der Waals surface area contributed by atoms with E-state index >= 15 is 0 Å². The number of nitrogens with one attached hydrogen (secondary N) is 2. The van der Waals surface area contributed by atoms with Gasteiger partial charge in [-0.1, -0.05) is 0 Å². The summed E-state index contributed by atoms with van der Waals surface area (Å²) < 4.78 is 26.8. The molecule has 0 saturated heterocycles. The summed E-state index contributed by atoms with van der Waals surface area (Å²) in [7, 11) is 1.51. The third kappa shape index (κ3) is 3.12. The summed E-state index contributed by atoms with van der Waals surface area (Å²) >= 11 is 0. The lowest BCUT2D eigenvalue weighted by molar-refractivity contribution is 0.578. The largest absolute Gasteiger partial charge is 0.371 e. The summed E-state index contributed by atoms with van der Waals surface area (Å²) in [6.07, 6.45) is 1.62. The highest BCUT2D eigenvalue weighted by Crippen LogP contribution is 2.18. The average Bonchev–Trinajstić information content (AvgIpc) is 2.38. The number of anilines is 2. The molecule has 2 N–H and O–H groups in total. The molecule has 0 unspecified atom stereocenters. The molecular formula is C12H13F2N5. The van der Waals surface area contributed by atoms with Crippen LogP contribution in [0.5, 0.6) is 0 Å². The molecule has 2 rings (SSSR count). The van der Waals surface area contributed by atoms with Crippen molar-refractivity contribution in [1.82, 2.24) is 15.0 Å². The summed E-state index contributed by atoms with van der Waals surface area (Å²) in [5, 5.41) is 5.33. The van der Waals surface area contributed by atoms with Crippen molar-refractivity contribution in [2.24, 2.45) is 0 Å². The molecular weight excluding hydrogens is 252 g/mol. The van der Waals surface area contributed by atoms with Crippen molar-refractivity contribution < 1.29 is 8.78 Å². The summed E-state index contributed by atoms with van der Waals surface area (Å²) in [5.74, 6) is -0.891. The Morgan fingerprint density at radius 2 is 1.89 bits per heavy atom. The first-order valence-electron chi connectivity index (χ1n) is 5.66. The van der Waals surface area contributed by atoms with E-state index in [0.29, 0.717) is 11.5 Å². The maximum Gasteiger partial charge on any atom is 0.168 e. The van der Waals surface area contributed by atoms with Crippen molar-refractivity contribution in [3.8, 4) is 0 Å². The fraction of sp³-hybridized carbons (Fsp3) is 0.250. The Bertz CT molecular complexity index is 588. The van der Waals surface area contributed by atoms with Crippen molar-refractivity contribution >= 4 is 11.6 Å². The second-order valence-corrected chi connectivity index (χ2v) is 3.85. The smallest absolute Gasteiger partial charge is 0.168 e. The first-order chi connectivity index (χ1) is 9.10. The predicted octanol–water partition coefficient (Wildman–Crippen LogP) is 2.11. The molecule has 7 heteroatoms. The lowest BCUT2D eigenvalue weighted by Gasteiger charge is -2.09. The second kappa shape index (κ2) is 5.55. The van der Waals surface area contributed by atoms with E-state index in [2.05, 4.69) is 25.6 Å². The van der Waals surface area contributed by atoms with Gasteiger partial charge in [0.15, 0.2) is 23.3 Å². The highest BCUT2D eigenvalue weighted by Gasteiger charge is 2.10. The first-order valence-corrected chi connectivity index (χ1v) is 5.66. The van der Waals surface area contributed by atoms with Crippen LogP contribution in [-0.4, -0.2) is 22.0 Å². The van der Waals surface area contributed by atoms with Gasteiger partial charge >= 0.3 is 0 Å². The van der Waals surface area contributed by atoms with E-state index in [9.17, 15) is 8.78 Å². The van der Waals surface area contributed by atoms with Gasteiger partial charge in [-0.3, -0.25) is 0 Å². The molecule has 0 amide bonds. The minimum absolute atomic E-state index is 0.0113. The van der Waals surface area contributed by atoms with E-state index in [-0.39, 0.29) is 18.2 Å². The molecule has 2 heterocycles. The van der Waals surface area contributed by atoms with E-state index in [0.717, 1.165) is 6.07 Å². The van der Waals surface area contributed by atoms with Gasteiger partial charge in [0.1, 0.15) is 5.82 Å². The van der Waals surface area contributed by atoms with Crippen molar-refractivity contribution in [3.63, 3.8) is 0 Å². The third-order valence-corrected chi connectivity index (χ3v) is 2.44. The van der Waals surface area contributed by atoms with Crippen LogP contribution in [0.4, 0.5) is 20.4 Å². The molecule has 2 aromatic heterocycles. The Morgan fingerprint density at radius 1 is 1.16 bits per heavy atom. The number of halogens is 2. The molecule has 5 nitrogen and oxygen atoms in total. The zero-order valence-electron chi connectivity index (χ0n) is 10.5. The van der Waals surface area contributed by atoms with E-state index in [1.54, 1.807) is 19.2 Å².